The number of ether oxygens (including phenoxy) is 1. The summed E-state index contributed by atoms with van der Waals surface area (Å²) in [4.78, 5) is 25.9. The molecule has 0 aliphatic carbocycles. The van der Waals surface area contributed by atoms with E-state index in [9.17, 15) is 22.8 Å². The molecule has 1 aliphatic rings. The van der Waals surface area contributed by atoms with Crippen molar-refractivity contribution in [1.29, 1.82) is 0 Å². The summed E-state index contributed by atoms with van der Waals surface area (Å²) < 4.78 is 46.1. The van der Waals surface area contributed by atoms with Gasteiger partial charge in [-0.25, -0.2) is 18.2 Å². The summed E-state index contributed by atoms with van der Waals surface area (Å²) in [5.74, 6) is -5.31. The van der Waals surface area contributed by atoms with Crippen LogP contribution in [0.5, 0.6) is 5.75 Å². The molecule has 2 aromatic carbocycles. The van der Waals surface area contributed by atoms with Crippen LogP contribution in [-0.2, 0) is 6.42 Å². The van der Waals surface area contributed by atoms with Crippen molar-refractivity contribution >= 4 is 11.8 Å². The summed E-state index contributed by atoms with van der Waals surface area (Å²) in [5, 5.41) is 0.983. The second-order valence-electron chi connectivity index (χ2n) is 8.17. The van der Waals surface area contributed by atoms with Crippen LogP contribution in [0.15, 0.2) is 24.3 Å². The van der Waals surface area contributed by atoms with Crippen molar-refractivity contribution in [1.82, 2.24) is 10.4 Å². The standard InChI is InChI=1S/C22H23F3N2O3/c1-12-14-6-5-9-30-18(14)8-7-15(12)20(28)26-27(22(2,3)4)21(29)13-10-16(23)19(25)17(24)11-13/h7-8,10-11H,5-6,9H2,1-4H3,(H,26,28). The van der Waals surface area contributed by atoms with Crippen molar-refractivity contribution in [3.8, 4) is 5.75 Å². The van der Waals surface area contributed by atoms with Gasteiger partial charge in [0.25, 0.3) is 11.8 Å². The third-order valence-electron chi connectivity index (χ3n) is 4.95. The molecule has 160 valence electrons. The number of fused-ring (bicyclic) bond motifs is 1. The summed E-state index contributed by atoms with van der Waals surface area (Å²) in [6.45, 7) is 7.37. The van der Waals surface area contributed by atoms with Gasteiger partial charge in [-0.3, -0.25) is 15.0 Å². The van der Waals surface area contributed by atoms with Crippen LogP contribution in [-0.4, -0.2) is 29.0 Å². The predicted octanol–water partition coefficient (Wildman–Crippen LogP) is 4.32. The highest BCUT2D eigenvalue weighted by Crippen LogP contribution is 2.30. The van der Waals surface area contributed by atoms with Crippen molar-refractivity contribution in [3.63, 3.8) is 0 Å². The molecule has 1 heterocycles. The Labute approximate surface area is 172 Å². The molecule has 5 nitrogen and oxygen atoms in total. The van der Waals surface area contributed by atoms with Gasteiger partial charge in [-0.2, -0.15) is 0 Å². The van der Waals surface area contributed by atoms with Crippen LogP contribution in [0.3, 0.4) is 0 Å². The number of nitrogens with one attached hydrogen (secondary N) is 1. The van der Waals surface area contributed by atoms with Crippen LogP contribution in [0, 0.1) is 24.4 Å². The largest absolute Gasteiger partial charge is 0.493 e. The highest BCUT2D eigenvalue weighted by Gasteiger charge is 2.31. The maximum atomic E-state index is 13.6. The Balaban J connectivity index is 1.93. The fourth-order valence-corrected chi connectivity index (χ4v) is 3.35. The van der Waals surface area contributed by atoms with E-state index in [0.717, 1.165) is 34.7 Å². The van der Waals surface area contributed by atoms with Crippen LogP contribution in [0.4, 0.5) is 13.2 Å². The molecule has 1 N–H and O–H groups in total. The molecule has 30 heavy (non-hydrogen) atoms. The molecular weight excluding hydrogens is 397 g/mol. The van der Waals surface area contributed by atoms with Crippen molar-refractivity contribution < 1.29 is 27.5 Å². The van der Waals surface area contributed by atoms with E-state index in [2.05, 4.69) is 5.43 Å². The molecule has 0 unspecified atom stereocenters. The Morgan fingerprint density at radius 2 is 1.73 bits per heavy atom. The van der Waals surface area contributed by atoms with E-state index in [4.69, 9.17) is 4.74 Å². The smallest absolute Gasteiger partial charge is 0.272 e. The number of rotatable bonds is 2. The molecule has 0 bridgehead atoms. The van der Waals surface area contributed by atoms with Crippen molar-refractivity contribution in [2.45, 2.75) is 46.1 Å². The van der Waals surface area contributed by atoms with Crippen molar-refractivity contribution in [3.05, 3.63) is 64.0 Å². The van der Waals surface area contributed by atoms with E-state index >= 15 is 0 Å². The van der Waals surface area contributed by atoms with E-state index in [-0.39, 0.29) is 0 Å². The number of hydrazine groups is 1. The molecule has 0 fully saturated rings. The third kappa shape index (κ3) is 4.13. The third-order valence-corrected chi connectivity index (χ3v) is 4.95. The zero-order valence-corrected chi connectivity index (χ0v) is 17.2. The zero-order valence-electron chi connectivity index (χ0n) is 17.2. The predicted molar refractivity (Wildman–Crippen MR) is 105 cm³/mol. The van der Waals surface area contributed by atoms with E-state index in [1.165, 1.54) is 0 Å². The van der Waals surface area contributed by atoms with Gasteiger partial charge in [-0.15, -0.1) is 0 Å². The lowest BCUT2D eigenvalue weighted by Gasteiger charge is -2.35. The molecule has 0 atom stereocenters. The fraction of sp³-hybridized carbons (Fsp3) is 0.364. The summed E-state index contributed by atoms with van der Waals surface area (Å²) in [6, 6.07) is 4.53. The quantitative estimate of drug-likeness (QED) is 0.582. The molecule has 0 spiro atoms. The molecule has 0 saturated carbocycles. The van der Waals surface area contributed by atoms with Gasteiger partial charge in [-0.1, -0.05) is 0 Å². The van der Waals surface area contributed by atoms with Crippen LogP contribution in [0.25, 0.3) is 0 Å². The number of halogens is 3. The van der Waals surface area contributed by atoms with Gasteiger partial charge in [-0.05, 0) is 75.9 Å². The van der Waals surface area contributed by atoms with Gasteiger partial charge in [0.2, 0.25) is 0 Å². The van der Waals surface area contributed by atoms with E-state index in [1.54, 1.807) is 39.8 Å². The molecule has 3 rings (SSSR count). The van der Waals surface area contributed by atoms with Crippen LogP contribution in [0.2, 0.25) is 0 Å². The first-order chi connectivity index (χ1) is 14.0. The first-order valence-corrected chi connectivity index (χ1v) is 9.56. The maximum Gasteiger partial charge on any atom is 0.272 e. The second-order valence-corrected chi connectivity index (χ2v) is 8.17. The SMILES string of the molecule is Cc1c(C(=O)NN(C(=O)c2cc(F)c(F)c(F)c2)C(C)(C)C)ccc2c1CCCO2. The second kappa shape index (κ2) is 8.01. The minimum atomic E-state index is -1.66. The van der Waals surface area contributed by atoms with E-state index in [0.29, 0.717) is 24.3 Å². The Morgan fingerprint density at radius 1 is 1.10 bits per heavy atom. The van der Waals surface area contributed by atoms with Crippen LogP contribution < -0.4 is 10.2 Å². The Bertz CT molecular complexity index is 992. The minimum Gasteiger partial charge on any atom is -0.493 e. The molecule has 1 aliphatic heterocycles. The first-order valence-electron chi connectivity index (χ1n) is 9.56. The number of benzene rings is 2. The Hall–Kier alpha value is -3.03. The minimum absolute atomic E-state index is 0.359. The molecule has 0 radical (unpaired) electrons. The van der Waals surface area contributed by atoms with Crippen LogP contribution >= 0.6 is 0 Å². The molecule has 0 saturated heterocycles. The van der Waals surface area contributed by atoms with Gasteiger partial charge in [0, 0.05) is 11.1 Å². The molecule has 0 aromatic heterocycles. The first kappa shape index (κ1) is 21.7. The molecule has 8 heteroatoms. The highest BCUT2D eigenvalue weighted by molar-refractivity contribution is 6.00. The zero-order chi connectivity index (χ0) is 22.2. The number of nitrogens with zero attached hydrogens (tertiary/aromatic N) is 1. The normalized spacial score (nSPS) is 13.3. The molecule has 2 aromatic rings. The fourth-order valence-electron chi connectivity index (χ4n) is 3.35. The summed E-state index contributed by atoms with van der Waals surface area (Å²) in [6.07, 6.45) is 1.62. The summed E-state index contributed by atoms with van der Waals surface area (Å²) in [7, 11) is 0. The van der Waals surface area contributed by atoms with Gasteiger partial charge < -0.3 is 4.74 Å². The average molecular weight is 420 g/mol. The summed E-state index contributed by atoms with van der Waals surface area (Å²) in [5.41, 5.74) is 3.22. The van der Waals surface area contributed by atoms with E-state index in [1.807, 2.05) is 0 Å². The van der Waals surface area contributed by atoms with Gasteiger partial charge in [0.15, 0.2) is 17.5 Å². The summed E-state index contributed by atoms with van der Waals surface area (Å²) >= 11 is 0. The number of carbonyl (C=O) groups excluding carboxylic acids is 2. The highest BCUT2D eigenvalue weighted by atomic mass is 19.2. The lowest BCUT2D eigenvalue weighted by molar-refractivity contribution is 0.0357. The lowest BCUT2D eigenvalue weighted by Crippen LogP contribution is -2.56. The Morgan fingerprint density at radius 3 is 2.33 bits per heavy atom. The van der Waals surface area contributed by atoms with Gasteiger partial charge in [0.05, 0.1) is 12.1 Å². The van der Waals surface area contributed by atoms with Crippen LogP contribution in [0.1, 0.15) is 59.0 Å². The van der Waals surface area contributed by atoms with Gasteiger partial charge >= 0.3 is 0 Å². The van der Waals surface area contributed by atoms with Gasteiger partial charge in [0.1, 0.15) is 5.75 Å². The Kier molecular flexibility index (Phi) is 5.78. The lowest BCUT2D eigenvalue weighted by atomic mass is 9.96. The number of amides is 2. The topological polar surface area (TPSA) is 58.6 Å². The average Bonchev–Trinajstić information content (AvgIpc) is 2.68. The number of carbonyl (C=O) groups is 2. The number of hydrogen-bond acceptors (Lipinski definition) is 3. The van der Waals surface area contributed by atoms with Crippen molar-refractivity contribution in [2.24, 2.45) is 0 Å². The monoisotopic (exact) mass is 420 g/mol. The van der Waals surface area contributed by atoms with Crippen molar-refractivity contribution in [2.75, 3.05) is 6.61 Å². The number of hydrogen-bond donors (Lipinski definition) is 1. The maximum absolute atomic E-state index is 13.6. The molecular formula is C22H23F3N2O3. The molecule has 2 amide bonds. The van der Waals surface area contributed by atoms with E-state index < -0.39 is 40.4 Å².